The quantitative estimate of drug-likeness (QED) is 0.605. The van der Waals surface area contributed by atoms with Crippen LogP contribution in [0.1, 0.15) is 41.5 Å². The normalized spacial score (nSPS) is 22.7. The summed E-state index contributed by atoms with van der Waals surface area (Å²) in [6.45, 7) is 10.2. The largest absolute Gasteiger partial charge is 0.459 e. The van der Waals surface area contributed by atoms with Gasteiger partial charge in [0.25, 0.3) is 0 Å². The second-order valence-electron chi connectivity index (χ2n) is 7.37. The number of carbonyl (C=O) groups excluding carboxylic acids is 3. The number of hydrogen-bond donors (Lipinski definition) is 1. The zero-order chi connectivity index (χ0) is 17.3. The molecule has 2 N–H and O–H groups in total. The van der Waals surface area contributed by atoms with Crippen molar-refractivity contribution in [1.82, 2.24) is 4.90 Å². The highest BCUT2D eigenvalue weighted by Crippen LogP contribution is 2.24. The first-order valence-electron chi connectivity index (χ1n) is 7.32. The molecule has 0 saturated carbocycles. The van der Waals surface area contributed by atoms with Crippen molar-refractivity contribution >= 4 is 17.8 Å². The molecule has 0 aromatic heterocycles. The highest BCUT2D eigenvalue weighted by molar-refractivity contribution is 6.05. The number of amides is 1. The Balaban J connectivity index is 2.88. The summed E-state index contributed by atoms with van der Waals surface area (Å²) < 4.78 is 10.5. The van der Waals surface area contributed by atoms with Crippen LogP contribution in [0.4, 0.5) is 4.79 Å². The zero-order valence-electron chi connectivity index (χ0n) is 14.1. The number of ketones is 1. The number of carbonyl (C=O) groups is 3. The highest BCUT2D eigenvalue weighted by atomic mass is 16.6. The van der Waals surface area contributed by atoms with Crippen molar-refractivity contribution in [1.29, 1.82) is 0 Å². The predicted molar refractivity (Wildman–Crippen MR) is 80.1 cm³/mol. The molecule has 2 unspecified atom stereocenters. The lowest BCUT2D eigenvalue weighted by atomic mass is 10.0. The smallest absolute Gasteiger partial charge is 0.410 e. The van der Waals surface area contributed by atoms with Crippen LogP contribution in [0.2, 0.25) is 0 Å². The van der Waals surface area contributed by atoms with Crippen molar-refractivity contribution in [3.8, 4) is 0 Å². The van der Waals surface area contributed by atoms with E-state index in [0.717, 1.165) is 0 Å². The molecule has 1 heterocycles. The molecule has 0 spiro atoms. The lowest BCUT2D eigenvalue weighted by molar-refractivity contribution is -0.160. The van der Waals surface area contributed by atoms with E-state index < -0.39 is 41.0 Å². The number of hydrogen-bond acceptors (Lipinski definition) is 6. The average molecular weight is 314 g/mol. The summed E-state index contributed by atoms with van der Waals surface area (Å²) in [5.41, 5.74) is 4.19. The Hall–Kier alpha value is -1.63. The fourth-order valence-corrected chi connectivity index (χ4v) is 2.13. The summed E-state index contributed by atoms with van der Waals surface area (Å²) in [5.74, 6) is -2.05. The lowest BCUT2D eigenvalue weighted by Crippen LogP contribution is -2.45. The van der Waals surface area contributed by atoms with Gasteiger partial charge in [0, 0.05) is 13.1 Å². The molecule has 22 heavy (non-hydrogen) atoms. The molecule has 0 bridgehead atoms. The molecule has 126 valence electrons. The van der Waals surface area contributed by atoms with E-state index in [1.807, 2.05) is 0 Å². The van der Waals surface area contributed by atoms with E-state index in [-0.39, 0.29) is 13.1 Å². The Labute approximate surface area is 131 Å². The molecule has 0 aliphatic carbocycles. The second-order valence-corrected chi connectivity index (χ2v) is 7.37. The fourth-order valence-electron chi connectivity index (χ4n) is 2.13. The van der Waals surface area contributed by atoms with Gasteiger partial charge in [-0.15, -0.1) is 0 Å². The number of rotatable bonds is 2. The maximum absolute atomic E-state index is 12.3. The maximum Gasteiger partial charge on any atom is 0.410 e. The van der Waals surface area contributed by atoms with Crippen molar-refractivity contribution < 1.29 is 23.9 Å². The van der Waals surface area contributed by atoms with Crippen molar-refractivity contribution in [2.45, 2.75) is 58.8 Å². The third kappa shape index (κ3) is 4.69. The molecule has 1 aliphatic rings. The van der Waals surface area contributed by atoms with Crippen molar-refractivity contribution in [3.05, 3.63) is 0 Å². The van der Waals surface area contributed by atoms with E-state index in [0.29, 0.717) is 0 Å². The minimum Gasteiger partial charge on any atom is -0.459 e. The summed E-state index contributed by atoms with van der Waals surface area (Å²) in [7, 11) is 0. The molecular formula is C15H26N2O5. The number of Topliss-reactive ketones (excluding diaryl/α,β-unsaturated/α-hetero) is 1. The number of esters is 1. The van der Waals surface area contributed by atoms with E-state index in [1.54, 1.807) is 41.5 Å². The molecule has 1 rings (SSSR count). The molecular weight excluding hydrogens is 288 g/mol. The number of ether oxygens (including phenoxy) is 2. The van der Waals surface area contributed by atoms with Crippen molar-refractivity contribution in [2.75, 3.05) is 13.1 Å². The van der Waals surface area contributed by atoms with E-state index in [1.165, 1.54) is 4.90 Å². The van der Waals surface area contributed by atoms with Crippen molar-refractivity contribution in [3.63, 3.8) is 0 Å². The van der Waals surface area contributed by atoms with Gasteiger partial charge in [-0.25, -0.2) is 4.79 Å². The summed E-state index contributed by atoms with van der Waals surface area (Å²) >= 11 is 0. The Morgan fingerprint density at radius 1 is 1.14 bits per heavy atom. The standard InChI is InChI=1S/C15H26N2O5/c1-14(2,3)21-12(19)9-8-17(10(7-16)11(9)18)13(20)22-15(4,5)6/h9-10H,7-8,16H2,1-6H3. The van der Waals surface area contributed by atoms with Crippen LogP contribution in [0.3, 0.4) is 0 Å². The van der Waals surface area contributed by atoms with Gasteiger partial charge in [-0.1, -0.05) is 0 Å². The van der Waals surface area contributed by atoms with Gasteiger partial charge in [0.2, 0.25) is 0 Å². The van der Waals surface area contributed by atoms with E-state index in [9.17, 15) is 14.4 Å². The van der Waals surface area contributed by atoms with E-state index in [2.05, 4.69) is 0 Å². The summed E-state index contributed by atoms with van der Waals surface area (Å²) in [5, 5.41) is 0. The molecule has 7 heteroatoms. The molecule has 1 saturated heterocycles. The second kappa shape index (κ2) is 6.24. The van der Waals surface area contributed by atoms with E-state index >= 15 is 0 Å². The molecule has 0 radical (unpaired) electrons. The van der Waals surface area contributed by atoms with Crippen LogP contribution >= 0.6 is 0 Å². The first-order valence-corrected chi connectivity index (χ1v) is 7.32. The summed E-state index contributed by atoms with van der Waals surface area (Å²) in [6.07, 6.45) is -0.651. The Morgan fingerprint density at radius 3 is 2.05 bits per heavy atom. The first kappa shape index (κ1) is 18.4. The van der Waals surface area contributed by atoms with Gasteiger partial charge < -0.3 is 15.2 Å². The summed E-state index contributed by atoms with van der Waals surface area (Å²) in [4.78, 5) is 37.8. The number of nitrogens with zero attached hydrogens (tertiary/aromatic N) is 1. The van der Waals surface area contributed by atoms with Gasteiger partial charge in [-0.05, 0) is 41.5 Å². The van der Waals surface area contributed by atoms with Gasteiger partial charge >= 0.3 is 12.1 Å². The predicted octanol–water partition coefficient (Wildman–Crippen LogP) is 1.09. The van der Waals surface area contributed by atoms with Gasteiger partial charge in [-0.2, -0.15) is 0 Å². The molecule has 1 aliphatic heterocycles. The van der Waals surface area contributed by atoms with Crippen LogP contribution < -0.4 is 5.73 Å². The Kier molecular flexibility index (Phi) is 5.22. The number of likely N-dealkylation sites (tertiary alicyclic amines) is 1. The van der Waals surface area contributed by atoms with Crippen LogP contribution in [0.15, 0.2) is 0 Å². The minimum absolute atomic E-state index is 0.0582. The topological polar surface area (TPSA) is 98.9 Å². The fraction of sp³-hybridized carbons (Fsp3) is 0.800. The third-order valence-electron chi connectivity index (χ3n) is 2.97. The van der Waals surface area contributed by atoms with Gasteiger partial charge in [0.1, 0.15) is 23.2 Å². The lowest BCUT2D eigenvalue weighted by Gasteiger charge is -2.27. The monoisotopic (exact) mass is 314 g/mol. The molecule has 0 aromatic carbocycles. The zero-order valence-corrected chi connectivity index (χ0v) is 14.1. The van der Waals surface area contributed by atoms with Crippen LogP contribution in [0.5, 0.6) is 0 Å². The summed E-state index contributed by atoms with van der Waals surface area (Å²) in [6, 6.07) is -0.854. The van der Waals surface area contributed by atoms with Gasteiger partial charge in [0.05, 0.1) is 0 Å². The van der Waals surface area contributed by atoms with Gasteiger partial charge in [-0.3, -0.25) is 14.5 Å². The molecule has 1 fully saturated rings. The SMILES string of the molecule is CC(C)(C)OC(=O)C1CN(C(=O)OC(C)(C)C)C(CN)C1=O. The Morgan fingerprint density at radius 2 is 1.64 bits per heavy atom. The number of nitrogens with two attached hydrogens (primary N) is 1. The third-order valence-corrected chi connectivity index (χ3v) is 2.97. The molecule has 7 nitrogen and oxygen atoms in total. The maximum atomic E-state index is 12.3. The van der Waals surface area contributed by atoms with E-state index in [4.69, 9.17) is 15.2 Å². The van der Waals surface area contributed by atoms with Crippen LogP contribution in [-0.4, -0.2) is 53.1 Å². The highest BCUT2D eigenvalue weighted by Gasteiger charge is 2.48. The van der Waals surface area contributed by atoms with Crippen LogP contribution in [0.25, 0.3) is 0 Å². The molecule has 1 amide bonds. The van der Waals surface area contributed by atoms with Gasteiger partial charge in [0.15, 0.2) is 5.78 Å². The molecule has 2 atom stereocenters. The average Bonchev–Trinajstić information content (AvgIpc) is 2.61. The molecule has 0 aromatic rings. The Bertz CT molecular complexity index is 462. The first-order chi connectivity index (χ1) is 9.85. The minimum atomic E-state index is -1.01. The van der Waals surface area contributed by atoms with Crippen LogP contribution in [0, 0.1) is 5.92 Å². The van der Waals surface area contributed by atoms with Crippen molar-refractivity contribution in [2.24, 2.45) is 11.7 Å². The van der Waals surface area contributed by atoms with Crippen LogP contribution in [-0.2, 0) is 19.1 Å².